The summed E-state index contributed by atoms with van der Waals surface area (Å²) in [5, 5.41) is 0. The number of carbonyl (C=O) groups is 1. The second-order valence-electron chi connectivity index (χ2n) is 4.90. The lowest BCUT2D eigenvalue weighted by Crippen LogP contribution is -2.12. The molecular weight excluding hydrogens is 240 g/mol. The van der Waals surface area contributed by atoms with Crippen molar-refractivity contribution in [2.24, 2.45) is 0 Å². The SMILES string of the molecule is C/C=C/C1=CC(=O)C[C@H](c2ccc3c(c2)OCO3)C1. The van der Waals surface area contributed by atoms with Crippen LogP contribution in [0.4, 0.5) is 0 Å². The Bertz CT molecular complexity index is 569. The van der Waals surface area contributed by atoms with Crippen LogP contribution in [0.5, 0.6) is 11.5 Å². The number of benzene rings is 1. The molecule has 0 amide bonds. The summed E-state index contributed by atoms with van der Waals surface area (Å²) in [6, 6.07) is 5.96. The normalized spacial score (nSPS) is 21.8. The van der Waals surface area contributed by atoms with Gasteiger partial charge in [-0.1, -0.05) is 18.2 Å². The topological polar surface area (TPSA) is 35.5 Å². The van der Waals surface area contributed by atoms with Gasteiger partial charge in [-0.15, -0.1) is 0 Å². The molecule has 0 saturated heterocycles. The average molecular weight is 256 g/mol. The molecule has 0 aromatic heterocycles. The molecule has 2 aliphatic rings. The largest absolute Gasteiger partial charge is 0.454 e. The lowest BCUT2D eigenvalue weighted by atomic mass is 9.83. The minimum Gasteiger partial charge on any atom is -0.454 e. The summed E-state index contributed by atoms with van der Waals surface area (Å²) < 4.78 is 10.7. The fourth-order valence-corrected chi connectivity index (χ4v) is 2.66. The van der Waals surface area contributed by atoms with E-state index in [4.69, 9.17) is 9.47 Å². The fraction of sp³-hybridized carbons (Fsp3) is 0.312. The molecule has 0 N–H and O–H groups in total. The Kier molecular flexibility index (Phi) is 3.11. The predicted octanol–water partition coefficient (Wildman–Crippen LogP) is 3.36. The number of fused-ring (bicyclic) bond motifs is 1. The van der Waals surface area contributed by atoms with E-state index in [1.54, 1.807) is 6.08 Å². The lowest BCUT2D eigenvalue weighted by molar-refractivity contribution is -0.115. The third-order valence-corrected chi connectivity index (χ3v) is 3.52. The first-order valence-corrected chi connectivity index (χ1v) is 6.52. The van der Waals surface area contributed by atoms with Crippen molar-refractivity contribution in [3.05, 3.63) is 47.6 Å². The highest BCUT2D eigenvalue weighted by atomic mass is 16.7. The van der Waals surface area contributed by atoms with Crippen molar-refractivity contribution < 1.29 is 14.3 Å². The fourth-order valence-electron chi connectivity index (χ4n) is 2.66. The van der Waals surface area contributed by atoms with Crippen LogP contribution in [-0.2, 0) is 4.79 Å². The third kappa shape index (κ3) is 2.41. The van der Waals surface area contributed by atoms with Gasteiger partial charge in [0, 0.05) is 6.42 Å². The smallest absolute Gasteiger partial charge is 0.231 e. The molecule has 19 heavy (non-hydrogen) atoms. The molecule has 1 aromatic carbocycles. The minimum atomic E-state index is 0.196. The van der Waals surface area contributed by atoms with Crippen molar-refractivity contribution in [2.75, 3.05) is 6.79 Å². The quantitative estimate of drug-likeness (QED) is 0.814. The van der Waals surface area contributed by atoms with E-state index in [1.165, 1.54) is 0 Å². The summed E-state index contributed by atoms with van der Waals surface area (Å²) in [6.45, 7) is 2.25. The maximum Gasteiger partial charge on any atom is 0.231 e. The zero-order valence-electron chi connectivity index (χ0n) is 10.9. The van der Waals surface area contributed by atoms with Gasteiger partial charge in [0.1, 0.15) is 0 Å². The lowest BCUT2D eigenvalue weighted by Gasteiger charge is -2.21. The van der Waals surface area contributed by atoms with E-state index in [2.05, 4.69) is 0 Å². The zero-order chi connectivity index (χ0) is 13.2. The highest BCUT2D eigenvalue weighted by Crippen LogP contribution is 2.38. The van der Waals surface area contributed by atoms with E-state index in [0.717, 1.165) is 29.1 Å². The van der Waals surface area contributed by atoms with Crippen LogP contribution in [0.15, 0.2) is 42.0 Å². The Morgan fingerprint density at radius 3 is 2.89 bits per heavy atom. The molecule has 1 atom stereocenters. The number of hydrogen-bond donors (Lipinski definition) is 0. The number of ketones is 1. The summed E-state index contributed by atoms with van der Waals surface area (Å²) in [5.74, 6) is 2.00. The van der Waals surface area contributed by atoms with Crippen LogP contribution < -0.4 is 9.47 Å². The monoisotopic (exact) mass is 256 g/mol. The van der Waals surface area contributed by atoms with E-state index in [9.17, 15) is 4.79 Å². The molecule has 1 aliphatic carbocycles. The van der Waals surface area contributed by atoms with Crippen molar-refractivity contribution in [1.29, 1.82) is 0 Å². The van der Waals surface area contributed by atoms with Crippen LogP contribution in [0.3, 0.4) is 0 Å². The molecule has 3 heteroatoms. The molecule has 0 fully saturated rings. The maximum absolute atomic E-state index is 11.8. The molecular formula is C16H16O3. The first kappa shape index (κ1) is 12.0. The molecule has 1 heterocycles. The molecule has 98 valence electrons. The van der Waals surface area contributed by atoms with Crippen LogP contribution >= 0.6 is 0 Å². The van der Waals surface area contributed by atoms with Gasteiger partial charge in [0.05, 0.1) is 0 Å². The molecule has 1 aromatic rings. The highest BCUT2D eigenvalue weighted by Gasteiger charge is 2.23. The molecule has 0 unspecified atom stereocenters. The predicted molar refractivity (Wildman–Crippen MR) is 72.4 cm³/mol. The van der Waals surface area contributed by atoms with Crippen molar-refractivity contribution in [3.8, 4) is 11.5 Å². The van der Waals surface area contributed by atoms with Gasteiger partial charge in [-0.05, 0) is 48.6 Å². The number of carbonyl (C=O) groups excluding carboxylic acids is 1. The van der Waals surface area contributed by atoms with Crippen LogP contribution in [0.25, 0.3) is 0 Å². The molecule has 0 radical (unpaired) electrons. The Morgan fingerprint density at radius 1 is 1.21 bits per heavy atom. The summed E-state index contributed by atoms with van der Waals surface area (Å²) in [4.78, 5) is 11.8. The van der Waals surface area contributed by atoms with Gasteiger partial charge in [0.15, 0.2) is 17.3 Å². The van der Waals surface area contributed by atoms with E-state index >= 15 is 0 Å². The summed E-state index contributed by atoms with van der Waals surface area (Å²) in [5.41, 5.74) is 2.24. The molecule has 0 saturated carbocycles. The van der Waals surface area contributed by atoms with Gasteiger partial charge in [0.25, 0.3) is 0 Å². The summed E-state index contributed by atoms with van der Waals surface area (Å²) in [7, 11) is 0. The summed E-state index contributed by atoms with van der Waals surface area (Å²) >= 11 is 0. The molecule has 3 rings (SSSR count). The number of ether oxygens (including phenoxy) is 2. The van der Waals surface area contributed by atoms with Crippen molar-refractivity contribution in [1.82, 2.24) is 0 Å². The van der Waals surface area contributed by atoms with Gasteiger partial charge >= 0.3 is 0 Å². The Morgan fingerprint density at radius 2 is 2.05 bits per heavy atom. The van der Waals surface area contributed by atoms with Gasteiger partial charge in [-0.2, -0.15) is 0 Å². The number of allylic oxidation sites excluding steroid dienone is 4. The first-order valence-electron chi connectivity index (χ1n) is 6.52. The average Bonchev–Trinajstić information content (AvgIpc) is 2.85. The third-order valence-electron chi connectivity index (χ3n) is 3.52. The summed E-state index contributed by atoms with van der Waals surface area (Å²) in [6.07, 6.45) is 7.21. The maximum atomic E-state index is 11.8. The molecule has 0 spiro atoms. The molecule has 3 nitrogen and oxygen atoms in total. The van der Waals surface area contributed by atoms with Crippen LogP contribution in [0.1, 0.15) is 31.2 Å². The second-order valence-corrected chi connectivity index (χ2v) is 4.90. The zero-order valence-corrected chi connectivity index (χ0v) is 10.9. The van der Waals surface area contributed by atoms with Crippen molar-refractivity contribution in [2.45, 2.75) is 25.7 Å². The van der Waals surface area contributed by atoms with Crippen molar-refractivity contribution in [3.63, 3.8) is 0 Å². The first-order chi connectivity index (χ1) is 9.26. The van der Waals surface area contributed by atoms with Crippen molar-refractivity contribution >= 4 is 5.78 Å². The molecule has 0 bridgehead atoms. The second kappa shape index (κ2) is 4.92. The van der Waals surface area contributed by atoms with E-state index < -0.39 is 0 Å². The number of rotatable bonds is 2. The van der Waals surface area contributed by atoms with Crippen LogP contribution in [-0.4, -0.2) is 12.6 Å². The van der Waals surface area contributed by atoms with Gasteiger partial charge < -0.3 is 9.47 Å². The molecule has 1 aliphatic heterocycles. The Labute approximate surface area is 112 Å². The number of hydrogen-bond acceptors (Lipinski definition) is 3. The van der Waals surface area contributed by atoms with E-state index in [-0.39, 0.29) is 18.5 Å². The Balaban J connectivity index is 1.87. The van der Waals surface area contributed by atoms with E-state index in [1.807, 2.05) is 37.3 Å². The van der Waals surface area contributed by atoms with Gasteiger partial charge in [0.2, 0.25) is 6.79 Å². The van der Waals surface area contributed by atoms with E-state index in [0.29, 0.717) is 6.42 Å². The highest BCUT2D eigenvalue weighted by molar-refractivity contribution is 5.92. The Hall–Kier alpha value is -2.03. The minimum absolute atomic E-state index is 0.196. The van der Waals surface area contributed by atoms with Crippen LogP contribution in [0, 0.1) is 0 Å². The standard InChI is InChI=1S/C16H16O3/c1-2-3-11-6-13(8-14(17)7-11)12-4-5-15-16(9-12)19-10-18-15/h2-5,7,9,13H,6,8,10H2,1H3/b3-2+/t13-/m1/s1. The van der Waals surface area contributed by atoms with Gasteiger partial charge in [-0.3, -0.25) is 4.79 Å². The van der Waals surface area contributed by atoms with Crippen LogP contribution in [0.2, 0.25) is 0 Å². The van der Waals surface area contributed by atoms with Gasteiger partial charge in [-0.25, -0.2) is 0 Å².